The maximum Gasteiger partial charge on any atom is 0.261 e. The quantitative estimate of drug-likeness (QED) is 0.508. The zero-order valence-corrected chi connectivity index (χ0v) is 21.2. The highest BCUT2D eigenvalue weighted by atomic mass is 79.9. The fourth-order valence-electron chi connectivity index (χ4n) is 4.01. The van der Waals surface area contributed by atoms with Crippen LogP contribution in [0.4, 0.5) is 0 Å². The van der Waals surface area contributed by atoms with E-state index in [0.717, 1.165) is 47.0 Å². The average molecular weight is 517 g/mol. The molecule has 1 fully saturated rings. The van der Waals surface area contributed by atoms with E-state index in [4.69, 9.17) is 9.47 Å². The third-order valence-corrected chi connectivity index (χ3v) is 7.01. The van der Waals surface area contributed by atoms with Crippen LogP contribution in [0.25, 0.3) is 0 Å². The molecular formula is C26H33BrN2O4. The number of nitrogens with one attached hydrogen (secondary N) is 1. The van der Waals surface area contributed by atoms with Gasteiger partial charge in [-0.15, -0.1) is 0 Å². The number of methoxy groups -OCH3 is 1. The Balaban J connectivity index is 1.71. The van der Waals surface area contributed by atoms with Gasteiger partial charge in [-0.3, -0.25) is 9.59 Å². The number of benzene rings is 2. The zero-order valence-electron chi connectivity index (χ0n) is 19.6. The van der Waals surface area contributed by atoms with Crippen molar-refractivity contribution >= 4 is 27.7 Å². The number of hydrogen-bond acceptors (Lipinski definition) is 4. The van der Waals surface area contributed by atoms with E-state index in [1.807, 2.05) is 49.4 Å². The van der Waals surface area contributed by atoms with Crippen LogP contribution in [0.1, 0.15) is 50.2 Å². The van der Waals surface area contributed by atoms with Crippen LogP contribution in [0, 0.1) is 6.92 Å². The van der Waals surface area contributed by atoms with Crippen LogP contribution in [0.5, 0.6) is 11.5 Å². The lowest BCUT2D eigenvalue weighted by Crippen LogP contribution is -2.51. The highest BCUT2D eigenvalue weighted by Gasteiger charge is 2.28. The summed E-state index contributed by atoms with van der Waals surface area (Å²) in [5.74, 6) is 1.00. The summed E-state index contributed by atoms with van der Waals surface area (Å²) in [7, 11) is 1.61. The first kappa shape index (κ1) is 25.1. The molecule has 1 aliphatic carbocycles. The van der Waals surface area contributed by atoms with E-state index in [0.29, 0.717) is 12.3 Å². The van der Waals surface area contributed by atoms with E-state index < -0.39 is 6.04 Å². The molecule has 0 aromatic heterocycles. The van der Waals surface area contributed by atoms with Crippen LogP contribution in [0.2, 0.25) is 0 Å². The van der Waals surface area contributed by atoms with Gasteiger partial charge < -0.3 is 19.7 Å². The van der Waals surface area contributed by atoms with Crippen LogP contribution in [0.15, 0.2) is 46.9 Å². The molecule has 33 heavy (non-hydrogen) atoms. The highest BCUT2D eigenvalue weighted by Crippen LogP contribution is 2.22. The van der Waals surface area contributed by atoms with E-state index in [9.17, 15) is 9.59 Å². The zero-order chi connectivity index (χ0) is 23.8. The molecule has 0 aliphatic heterocycles. The lowest BCUT2D eigenvalue weighted by Gasteiger charge is -2.31. The predicted octanol–water partition coefficient (Wildman–Crippen LogP) is 5.01. The topological polar surface area (TPSA) is 67.9 Å². The molecule has 1 atom stereocenters. The second-order valence-corrected chi connectivity index (χ2v) is 9.44. The van der Waals surface area contributed by atoms with E-state index in [2.05, 4.69) is 21.2 Å². The number of halogens is 1. The van der Waals surface area contributed by atoms with Gasteiger partial charge in [0.2, 0.25) is 5.91 Å². The molecule has 7 heteroatoms. The number of amides is 2. The van der Waals surface area contributed by atoms with E-state index in [1.165, 1.54) is 6.42 Å². The summed E-state index contributed by atoms with van der Waals surface area (Å²) in [6.07, 6.45) is 5.48. The summed E-state index contributed by atoms with van der Waals surface area (Å²) in [6.45, 7) is 3.92. The Hall–Kier alpha value is -2.54. The van der Waals surface area contributed by atoms with Crippen molar-refractivity contribution < 1.29 is 19.1 Å². The molecule has 0 heterocycles. The molecule has 1 unspecified atom stereocenters. The normalized spacial score (nSPS) is 14.9. The van der Waals surface area contributed by atoms with Gasteiger partial charge in [0.05, 0.1) is 7.11 Å². The Kier molecular flexibility index (Phi) is 9.18. The largest absolute Gasteiger partial charge is 0.497 e. The van der Waals surface area contributed by atoms with Crippen molar-refractivity contribution in [1.82, 2.24) is 10.2 Å². The van der Waals surface area contributed by atoms with Gasteiger partial charge in [-0.25, -0.2) is 0 Å². The monoisotopic (exact) mass is 516 g/mol. The molecule has 1 saturated carbocycles. The number of rotatable bonds is 9. The summed E-state index contributed by atoms with van der Waals surface area (Å²) in [5.41, 5.74) is 1.94. The maximum atomic E-state index is 13.2. The molecule has 3 rings (SSSR count). The van der Waals surface area contributed by atoms with Gasteiger partial charge in [0.1, 0.15) is 17.5 Å². The van der Waals surface area contributed by atoms with Gasteiger partial charge >= 0.3 is 0 Å². The number of aryl methyl sites for hydroxylation is 1. The Morgan fingerprint density at radius 2 is 1.76 bits per heavy atom. The third kappa shape index (κ3) is 7.22. The number of carbonyl (C=O) groups excluding carboxylic acids is 2. The van der Waals surface area contributed by atoms with Gasteiger partial charge in [0.25, 0.3) is 5.91 Å². The summed E-state index contributed by atoms with van der Waals surface area (Å²) >= 11 is 3.47. The van der Waals surface area contributed by atoms with Gasteiger partial charge in [0, 0.05) is 17.1 Å². The van der Waals surface area contributed by atoms with Crippen LogP contribution in [0.3, 0.4) is 0 Å². The predicted molar refractivity (Wildman–Crippen MR) is 132 cm³/mol. The van der Waals surface area contributed by atoms with E-state index in [-0.39, 0.29) is 24.5 Å². The molecule has 0 spiro atoms. The molecule has 0 bridgehead atoms. The van der Waals surface area contributed by atoms with Crippen LogP contribution in [-0.2, 0) is 16.1 Å². The summed E-state index contributed by atoms with van der Waals surface area (Å²) in [6, 6.07) is 12.7. The summed E-state index contributed by atoms with van der Waals surface area (Å²) < 4.78 is 12.0. The molecule has 1 aliphatic rings. The van der Waals surface area contributed by atoms with Crippen molar-refractivity contribution in [2.24, 2.45) is 0 Å². The van der Waals surface area contributed by atoms with Crippen molar-refractivity contribution in [1.29, 1.82) is 0 Å². The number of nitrogens with zero attached hydrogens (tertiary/aromatic N) is 1. The SMILES string of the molecule is COc1ccc(CN(C(=O)COc2ccc(Br)c(C)c2)C(C)C(=O)NC2CCCCC2)cc1. The first-order valence-electron chi connectivity index (χ1n) is 11.5. The molecule has 1 N–H and O–H groups in total. The fourth-order valence-corrected chi connectivity index (χ4v) is 4.26. The van der Waals surface area contributed by atoms with Gasteiger partial charge in [0.15, 0.2) is 6.61 Å². The minimum absolute atomic E-state index is 0.122. The van der Waals surface area contributed by atoms with Gasteiger partial charge in [-0.05, 0) is 68.1 Å². The minimum atomic E-state index is -0.614. The molecule has 2 amide bonds. The second-order valence-electron chi connectivity index (χ2n) is 8.59. The molecule has 6 nitrogen and oxygen atoms in total. The third-order valence-electron chi connectivity index (χ3n) is 6.12. The highest BCUT2D eigenvalue weighted by molar-refractivity contribution is 9.10. The maximum absolute atomic E-state index is 13.2. The first-order valence-corrected chi connectivity index (χ1v) is 12.3. The van der Waals surface area contributed by atoms with Crippen LogP contribution < -0.4 is 14.8 Å². The number of carbonyl (C=O) groups is 2. The molecule has 2 aromatic rings. The van der Waals surface area contributed by atoms with Crippen molar-refractivity contribution in [3.8, 4) is 11.5 Å². The van der Waals surface area contributed by atoms with Crippen molar-refractivity contribution in [2.75, 3.05) is 13.7 Å². The van der Waals surface area contributed by atoms with Crippen molar-refractivity contribution in [2.45, 2.75) is 64.6 Å². The molecule has 0 radical (unpaired) electrons. The standard InChI is InChI=1S/C26H33BrN2O4/c1-18-15-23(13-14-24(18)27)33-17-25(30)29(16-20-9-11-22(32-3)12-10-20)19(2)26(31)28-21-7-5-4-6-8-21/h9-15,19,21H,4-8,16-17H2,1-3H3,(H,28,31). The molecular weight excluding hydrogens is 484 g/mol. The van der Waals surface area contributed by atoms with Crippen LogP contribution >= 0.6 is 15.9 Å². The average Bonchev–Trinajstić information content (AvgIpc) is 2.83. The number of ether oxygens (including phenoxy) is 2. The molecule has 2 aromatic carbocycles. The Bertz CT molecular complexity index is 942. The molecule has 178 valence electrons. The molecule has 0 saturated heterocycles. The lowest BCUT2D eigenvalue weighted by atomic mass is 9.95. The second kappa shape index (κ2) is 12.1. The summed E-state index contributed by atoms with van der Waals surface area (Å²) in [5, 5.41) is 3.15. The smallest absolute Gasteiger partial charge is 0.261 e. The van der Waals surface area contributed by atoms with Crippen molar-refractivity contribution in [3.63, 3.8) is 0 Å². The summed E-state index contributed by atoms with van der Waals surface area (Å²) in [4.78, 5) is 27.8. The van der Waals surface area contributed by atoms with Gasteiger partial charge in [-0.1, -0.05) is 47.3 Å². The Morgan fingerprint density at radius 1 is 1.09 bits per heavy atom. The number of hydrogen-bond donors (Lipinski definition) is 1. The minimum Gasteiger partial charge on any atom is -0.497 e. The lowest BCUT2D eigenvalue weighted by molar-refractivity contribution is -0.142. The van der Waals surface area contributed by atoms with Crippen LogP contribution in [-0.4, -0.2) is 42.5 Å². The van der Waals surface area contributed by atoms with E-state index >= 15 is 0 Å². The first-order chi connectivity index (χ1) is 15.9. The Labute approximate surface area is 204 Å². The van der Waals surface area contributed by atoms with Gasteiger partial charge in [-0.2, -0.15) is 0 Å². The Morgan fingerprint density at radius 3 is 2.39 bits per heavy atom. The van der Waals surface area contributed by atoms with Crippen molar-refractivity contribution in [3.05, 3.63) is 58.1 Å². The fraction of sp³-hybridized carbons (Fsp3) is 0.462. The van der Waals surface area contributed by atoms with E-state index in [1.54, 1.807) is 18.9 Å².